The summed E-state index contributed by atoms with van der Waals surface area (Å²) in [6, 6.07) is 11.1. The molecule has 0 radical (unpaired) electrons. The van der Waals surface area contributed by atoms with Gasteiger partial charge >= 0.3 is 0 Å². The standard InChI is InChI=1S/C16H15N5O2S/c1-22-13-7-6-11(9-14(13)23-2)15-19-20-16(24)21(15)18-10-12-5-3-4-8-17-12/h3-10H,1-2H3,(H,20,24)/b18-10-. The highest BCUT2D eigenvalue weighted by Gasteiger charge is 2.12. The highest BCUT2D eigenvalue weighted by Crippen LogP contribution is 2.31. The Bertz CT molecular complexity index is 918. The van der Waals surface area contributed by atoms with Gasteiger partial charge in [-0.05, 0) is 42.5 Å². The van der Waals surface area contributed by atoms with Crippen LogP contribution < -0.4 is 9.47 Å². The lowest BCUT2D eigenvalue weighted by molar-refractivity contribution is 0.355. The minimum Gasteiger partial charge on any atom is -0.493 e. The van der Waals surface area contributed by atoms with Crippen LogP contribution in [0.1, 0.15) is 5.69 Å². The Labute approximate surface area is 143 Å². The molecule has 0 spiro atoms. The zero-order valence-electron chi connectivity index (χ0n) is 13.1. The Kier molecular flexibility index (Phi) is 4.66. The van der Waals surface area contributed by atoms with Crippen LogP contribution in [-0.2, 0) is 0 Å². The van der Waals surface area contributed by atoms with Gasteiger partial charge in [0.05, 0.1) is 26.1 Å². The average Bonchev–Trinajstić information content (AvgIpc) is 3.00. The number of hydrogen-bond acceptors (Lipinski definition) is 6. The normalized spacial score (nSPS) is 10.9. The van der Waals surface area contributed by atoms with E-state index in [0.29, 0.717) is 22.1 Å². The number of rotatable bonds is 5. The first kappa shape index (κ1) is 15.9. The molecule has 24 heavy (non-hydrogen) atoms. The van der Waals surface area contributed by atoms with E-state index in [-0.39, 0.29) is 0 Å². The van der Waals surface area contributed by atoms with Crippen LogP contribution in [-0.4, -0.2) is 40.3 Å². The van der Waals surface area contributed by atoms with Gasteiger partial charge in [0.2, 0.25) is 4.77 Å². The Balaban J connectivity index is 2.02. The molecular formula is C16H15N5O2S. The van der Waals surface area contributed by atoms with Gasteiger partial charge < -0.3 is 9.47 Å². The summed E-state index contributed by atoms with van der Waals surface area (Å²) < 4.78 is 12.5. The molecule has 0 saturated heterocycles. The van der Waals surface area contributed by atoms with E-state index in [9.17, 15) is 0 Å². The fourth-order valence-corrected chi connectivity index (χ4v) is 2.31. The number of pyridine rings is 1. The van der Waals surface area contributed by atoms with Crippen LogP contribution in [0.5, 0.6) is 11.5 Å². The Morgan fingerprint density at radius 1 is 1.17 bits per heavy atom. The molecular weight excluding hydrogens is 326 g/mol. The van der Waals surface area contributed by atoms with E-state index >= 15 is 0 Å². The third-order valence-electron chi connectivity index (χ3n) is 3.29. The van der Waals surface area contributed by atoms with Crippen LogP contribution in [0.4, 0.5) is 0 Å². The summed E-state index contributed by atoms with van der Waals surface area (Å²) in [6.07, 6.45) is 3.32. The quantitative estimate of drug-likeness (QED) is 0.570. The number of aromatic amines is 1. The van der Waals surface area contributed by atoms with Gasteiger partial charge in [-0.15, -0.1) is 0 Å². The molecule has 0 bridgehead atoms. The van der Waals surface area contributed by atoms with Crippen LogP contribution in [0, 0.1) is 4.77 Å². The zero-order valence-corrected chi connectivity index (χ0v) is 13.9. The smallest absolute Gasteiger partial charge is 0.216 e. The first-order valence-electron chi connectivity index (χ1n) is 7.08. The molecule has 8 heteroatoms. The van der Waals surface area contributed by atoms with E-state index in [1.807, 2.05) is 30.3 Å². The molecule has 3 rings (SSSR count). The number of nitrogens with zero attached hydrogens (tertiary/aromatic N) is 4. The number of H-pyrrole nitrogens is 1. The number of benzene rings is 1. The minimum atomic E-state index is 0.381. The third kappa shape index (κ3) is 3.18. The van der Waals surface area contributed by atoms with Gasteiger partial charge in [0, 0.05) is 11.8 Å². The number of methoxy groups -OCH3 is 2. The van der Waals surface area contributed by atoms with Crippen LogP contribution in [0.3, 0.4) is 0 Å². The maximum Gasteiger partial charge on any atom is 0.216 e. The number of ether oxygens (including phenoxy) is 2. The predicted octanol–water partition coefficient (Wildman–Crippen LogP) is 2.90. The molecule has 3 aromatic rings. The van der Waals surface area contributed by atoms with Crippen molar-refractivity contribution in [2.45, 2.75) is 0 Å². The van der Waals surface area contributed by atoms with Gasteiger partial charge in [0.25, 0.3) is 0 Å². The van der Waals surface area contributed by atoms with E-state index in [4.69, 9.17) is 21.7 Å². The molecule has 0 aliphatic rings. The summed E-state index contributed by atoms with van der Waals surface area (Å²) in [5.41, 5.74) is 1.51. The number of aromatic nitrogens is 4. The summed E-state index contributed by atoms with van der Waals surface area (Å²) in [4.78, 5) is 4.20. The molecule has 0 aliphatic heterocycles. The fourth-order valence-electron chi connectivity index (χ4n) is 2.13. The topological polar surface area (TPSA) is 77.3 Å². The van der Waals surface area contributed by atoms with E-state index in [1.165, 1.54) is 4.68 Å². The van der Waals surface area contributed by atoms with Crippen molar-refractivity contribution in [3.8, 4) is 22.9 Å². The second kappa shape index (κ2) is 7.05. The Hall–Kier alpha value is -3.00. The number of hydrogen-bond donors (Lipinski definition) is 1. The number of nitrogens with one attached hydrogen (secondary N) is 1. The van der Waals surface area contributed by atoms with Crippen molar-refractivity contribution < 1.29 is 9.47 Å². The summed E-state index contributed by atoms with van der Waals surface area (Å²) in [7, 11) is 3.17. The van der Waals surface area contributed by atoms with Crippen LogP contribution >= 0.6 is 12.2 Å². The van der Waals surface area contributed by atoms with Gasteiger partial charge in [-0.2, -0.15) is 14.9 Å². The average molecular weight is 341 g/mol. The van der Waals surface area contributed by atoms with E-state index < -0.39 is 0 Å². The fraction of sp³-hybridized carbons (Fsp3) is 0.125. The monoisotopic (exact) mass is 341 g/mol. The second-order valence-corrected chi connectivity index (χ2v) is 5.12. The Morgan fingerprint density at radius 3 is 2.71 bits per heavy atom. The summed E-state index contributed by atoms with van der Waals surface area (Å²) in [5.74, 6) is 1.80. The molecule has 0 amide bonds. The minimum absolute atomic E-state index is 0.381. The molecule has 0 fully saturated rings. The van der Waals surface area contributed by atoms with Crippen molar-refractivity contribution in [2.24, 2.45) is 5.10 Å². The maximum atomic E-state index is 5.33. The third-order valence-corrected chi connectivity index (χ3v) is 3.55. The maximum absolute atomic E-state index is 5.33. The SMILES string of the molecule is COc1ccc(-c2n[nH]c(=S)n2/N=C\c2ccccn2)cc1OC. The predicted molar refractivity (Wildman–Crippen MR) is 93.2 cm³/mol. The van der Waals surface area contributed by atoms with Crippen molar-refractivity contribution in [3.63, 3.8) is 0 Å². The van der Waals surface area contributed by atoms with Crippen molar-refractivity contribution in [3.05, 3.63) is 53.1 Å². The first-order valence-corrected chi connectivity index (χ1v) is 7.49. The lowest BCUT2D eigenvalue weighted by atomic mass is 10.2. The molecule has 7 nitrogen and oxygen atoms in total. The van der Waals surface area contributed by atoms with E-state index in [1.54, 1.807) is 32.7 Å². The van der Waals surface area contributed by atoms with Crippen molar-refractivity contribution in [1.82, 2.24) is 19.9 Å². The van der Waals surface area contributed by atoms with E-state index in [2.05, 4.69) is 20.3 Å². The lowest BCUT2D eigenvalue weighted by Crippen LogP contribution is -1.97. The molecule has 0 unspecified atom stereocenters. The zero-order chi connectivity index (χ0) is 16.9. The Morgan fingerprint density at radius 2 is 2.00 bits per heavy atom. The largest absolute Gasteiger partial charge is 0.493 e. The highest BCUT2D eigenvalue weighted by atomic mass is 32.1. The molecule has 1 N–H and O–H groups in total. The van der Waals surface area contributed by atoms with Gasteiger partial charge in [0.1, 0.15) is 0 Å². The van der Waals surface area contributed by atoms with Crippen molar-refractivity contribution in [2.75, 3.05) is 14.2 Å². The highest BCUT2D eigenvalue weighted by molar-refractivity contribution is 7.71. The first-order chi connectivity index (χ1) is 11.7. The molecule has 122 valence electrons. The summed E-state index contributed by atoms with van der Waals surface area (Å²) >= 11 is 5.25. The van der Waals surface area contributed by atoms with Gasteiger partial charge in [-0.25, -0.2) is 5.10 Å². The molecule has 0 aliphatic carbocycles. The van der Waals surface area contributed by atoms with Crippen LogP contribution in [0.15, 0.2) is 47.7 Å². The molecule has 1 aromatic carbocycles. The lowest BCUT2D eigenvalue weighted by Gasteiger charge is -2.09. The van der Waals surface area contributed by atoms with Crippen LogP contribution in [0.25, 0.3) is 11.4 Å². The summed E-state index contributed by atoms with van der Waals surface area (Å²) in [5, 5.41) is 11.4. The van der Waals surface area contributed by atoms with Crippen molar-refractivity contribution in [1.29, 1.82) is 0 Å². The molecule has 0 atom stereocenters. The molecule has 2 heterocycles. The van der Waals surface area contributed by atoms with Gasteiger partial charge in [0.15, 0.2) is 17.3 Å². The summed E-state index contributed by atoms with van der Waals surface area (Å²) in [6.45, 7) is 0. The van der Waals surface area contributed by atoms with Crippen LogP contribution in [0.2, 0.25) is 0 Å². The van der Waals surface area contributed by atoms with E-state index in [0.717, 1.165) is 11.3 Å². The second-order valence-electron chi connectivity index (χ2n) is 4.73. The molecule has 2 aromatic heterocycles. The molecule has 0 saturated carbocycles. The van der Waals surface area contributed by atoms with Gasteiger partial charge in [-0.1, -0.05) is 6.07 Å². The van der Waals surface area contributed by atoms with Gasteiger partial charge in [-0.3, -0.25) is 4.98 Å². The van der Waals surface area contributed by atoms with Crippen molar-refractivity contribution >= 4 is 18.4 Å².